The molecule has 6 nitrogen and oxygen atoms in total. The van der Waals surface area contributed by atoms with Crippen LogP contribution in [0, 0.1) is 5.41 Å². The van der Waals surface area contributed by atoms with Crippen molar-refractivity contribution >= 4 is 29.4 Å². The van der Waals surface area contributed by atoms with Gasteiger partial charge in [-0.15, -0.1) is 12.4 Å². The Balaban J connectivity index is 0.00000180. The summed E-state index contributed by atoms with van der Waals surface area (Å²) in [7, 11) is 0. The molecule has 1 saturated carbocycles. The van der Waals surface area contributed by atoms with Crippen LogP contribution in [0.15, 0.2) is 40.0 Å². The number of hydrogen-bond acceptors (Lipinski definition) is 5. The summed E-state index contributed by atoms with van der Waals surface area (Å²) in [5.41, 5.74) is 3.33. The normalized spacial score (nSPS) is 20.9. The summed E-state index contributed by atoms with van der Waals surface area (Å²) in [5.74, 6) is 0. The van der Waals surface area contributed by atoms with Crippen LogP contribution in [0.5, 0.6) is 0 Å². The molecule has 0 aromatic carbocycles. The molecule has 1 saturated heterocycles. The molecule has 3 aromatic rings. The van der Waals surface area contributed by atoms with Crippen LogP contribution in [0.25, 0.3) is 5.65 Å². The zero-order valence-electron chi connectivity index (χ0n) is 15.1. The van der Waals surface area contributed by atoms with E-state index in [0.29, 0.717) is 17.1 Å². The molecule has 1 atom stereocenters. The summed E-state index contributed by atoms with van der Waals surface area (Å²) in [6.07, 6.45) is 5.53. The Morgan fingerprint density at radius 1 is 1.30 bits per heavy atom. The molecule has 3 aromatic heterocycles. The second kappa shape index (κ2) is 7.39. The fourth-order valence-corrected chi connectivity index (χ4v) is 5.12. The van der Waals surface area contributed by atoms with Crippen molar-refractivity contribution < 1.29 is 0 Å². The number of nitrogens with one attached hydrogen (secondary N) is 2. The van der Waals surface area contributed by atoms with Gasteiger partial charge in [-0.1, -0.05) is 0 Å². The standard InChI is InChI=1S/C19H23N5OS.ClH/c25-18-9-15(22-17-1-5-21-24(17)18)12-23(11-14-2-8-26-13-14)16-10-19(16)3-6-20-7-4-19;/h1-2,5,8-9,13,16,20-21H,3-4,6-7,10-12H2;1H. The first-order chi connectivity index (χ1) is 12.7. The van der Waals surface area contributed by atoms with Gasteiger partial charge in [0.25, 0.3) is 5.56 Å². The fourth-order valence-electron chi connectivity index (χ4n) is 4.46. The molecule has 4 heterocycles. The quantitative estimate of drug-likeness (QED) is 0.684. The van der Waals surface area contributed by atoms with Gasteiger partial charge in [0.1, 0.15) is 0 Å². The number of fused-ring (bicyclic) bond motifs is 1. The average Bonchev–Trinajstić information content (AvgIpc) is 3.03. The van der Waals surface area contributed by atoms with Gasteiger partial charge in [0, 0.05) is 37.5 Å². The van der Waals surface area contributed by atoms with E-state index in [-0.39, 0.29) is 18.0 Å². The van der Waals surface area contributed by atoms with E-state index >= 15 is 0 Å². The van der Waals surface area contributed by atoms with Gasteiger partial charge in [0.15, 0.2) is 5.65 Å². The summed E-state index contributed by atoms with van der Waals surface area (Å²) in [6, 6.07) is 6.31. The van der Waals surface area contributed by atoms with Gasteiger partial charge in [-0.2, -0.15) is 11.3 Å². The second-order valence-corrected chi connectivity index (χ2v) is 8.39. The van der Waals surface area contributed by atoms with Crippen LogP contribution < -0.4 is 10.9 Å². The molecule has 1 unspecified atom stereocenters. The number of thiophene rings is 1. The third kappa shape index (κ3) is 3.57. The van der Waals surface area contributed by atoms with E-state index in [1.807, 2.05) is 6.07 Å². The summed E-state index contributed by atoms with van der Waals surface area (Å²) in [6.45, 7) is 3.90. The van der Waals surface area contributed by atoms with Crippen molar-refractivity contribution in [3.8, 4) is 0 Å². The Bertz CT molecular complexity index is 960. The van der Waals surface area contributed by atoms with Crippen LogP contribution >= 0.6 is 23.7 Å². The van der Waals surface area contributed by atoms with Crippen molar-refractivity contribution in [1.82, 2.24) is 24.8 Å². The molecule has 2 N–H and O–H groups in total. The number of hydrogen-bond donors (Lipinski definition) is 2. The highest BCUT2D eigenvalue weighted by atomic mass is 35.5. The third-order valence-electron chi connectivity index (χ3n) is 5.95. The Hall–Kier alpha value is -1.67. The smallest absolute Gasteiger partial charge is 0.272 e. The minimum atomic E-state index is -0.0436. The SMILES string of the molecule is Cl.O=c1cc(CN(Cc2ccsc2)C2CC23CCNCC3)nc2cc[nH]n12. The lowest BCUT2D eigenvalue weighted by Crippen LogP contribution is -2.36. The van der Waals surface area contributed by atoms with Crippen molar-refractivity contribution in [2.45, 2.75) is 38.4 Å². The van der Waals surface area contributed by atoms with Crippen LogP contribution in [0.3, 0.4) is 0 Å². The fraction of sp³-hybridized carbons (Fsp3) is 0.474. The maximum absolute atomic E-state index is 12.3. The van der Waals surface area contributed by atoms with Crippen molar-refractivity contribution in [3.05, 3.63) is 56.8 Å². The van der Waals surface area contributed by atoms with Crippen molar-refractivity contribution in [2.75, 3.05) is 13.1 Å². The minimum Gasteiger partial charge on any atom is -0.317 e. The molecule has 8 heteroatoms. The summed E-state index contributed by atoms with van der Waals surface area (Å²) in [5, 5.41) is 10.8. The zero-order chi connectivity index (χ0) is 17.6. The number of aromatic amines is 1. The summed E-state index contributed by atoms with van der Waals surface area (Å²) >= 11 is 1.74. The van der Waals surface area contributed by atoms with E-state index in [1.54, 1.807) is 23.6 Å². The zero-order valence-corrected chi connectivity index (χ0v) is 16.7. The number of halogens is 1. The molecule has 27 heavy (non-hydrogen) atoms. The number of aromatic nitrogens is 3. The van der Waals surface area contributed by atoms with E-state index in [1.165, 1.54) is 29.3 Å². The van der Waals surface area contributed by atoms with E-state index in [2.05, 4.69) is 37.1 Å². The van der Waals surface area contributed by atoms with E-state index < -0.39 is 0 Å². The molecular formula is C19H24ClN5OS. The van der Waals surface area contributed by atoms with Crippen molar-refractivity contribution in [3.63, 3.8) is 0 Å². The van der Waals surface area contributed by atoms with Gasteiger partial charge < -0.3 is 5.32 Å². The highest BCUT2D eigenvalue weighted by molar-refractivity contribution is 7.07. The van der Waals surface area contributed by atoms with Crippen LogP contribution in [0.2, 0.25) is 0 Å². The largest absolute Gasteiger partial charge is 0.317 e. The minimum absolute atomic E-state index is 0. The average molecular weight is 406 g/mol. The van der Waals surface area contributed by atoms with Crippen molar-refractivity contribution in [1.29, 1.82) is 0 Å². The highest BCUT2D eigenvalue weighted by Gasteiger charge is 2.56. The lowest BCUT2D eigenvalue weighted by atomic mass is 9.93. The lowest BCUT2D eigenvalue weighted by Gasteiger charge is -2.29. The van der Waals surface area contributed by atoms with E-state index in [4.69, 9.17) is 0 Å². The molecule has 0 amide bonds. The molecule has 1 aliphatic heterocycles. The number of H-pyrrole nitrogens is 1. The molecule has 144 valence electrons. The molecule has 2 aliphatic rings. The Morgan fingerprint density at radius 3 is 2.93 bits per heavy atom. The van der Waals surface area contributed by atoms with Gasteiger partial charge in [-0.25, -0.2) is 9.50 Å². The summed E-state index contributed by atoms with van der Waals surface area (Å²) < 4.78 is 1.48. The topological polar surface area (TPSA) is 65.4 Å². The molecular weight excluding hydrogens is 382 g/mol. The van der Waals surface area contributed by atoms with Gasteiger partial charge in [0.05, 0.1) is 5.69 Å². The molecule has 5 rings (SSSR count). The third-order valence-corrected chi connectivity index (χ3v) is 6.68. The van der Waals surface area contributed by atoms with Crippen LogP contribution in [-0.4, -0.2) is 38.6 Å². The van der Waals surface area contributed by atoms with E-state index in [9.17, 15) is 4.79 Å². The van der Waals surface area contributed by atoms with E-state index in [0.717, 1.165) is 31.9 Å². The van der Waals surface area contributed by atoms with Gasteiger partial charge >= 0.3 is 0 Å². The predicted molar refractivity (Wildman–Crippen MR) is 110 cm³/mol. The molecule has 0 bridgehead atoms. The number of piperidine rings is 1. The van der Waals surface area contributed by atoms with Crippen LogP contribution in [0.4, 0.5) is 0 Å². The van der Waals surface area contributed by atoms with Gasteiger partial charge in [-0.05, 0) is 60.2 Å². The Morgan fingerprint density at radius 2 is 2.15 bits per heavy atom. The summed E-state index contributed by atoms with van der Waals surface area (Å²) in [4.78, 5) is 19.5. The first kappa shape index (κ1) is 18.7. The van der Waals surface area contributed by atoms with Crippen LogP contribution in [0.1, 0.15) is 30.5 Å². The lowest BCUT2D eigenvalue weighted by molar-refractivity contribution is 0.186. The first-order valence-electron chi connectivity index (χ1n) is 9.25. The maximum atomic E-state index is 12.3. The monoisotopic (exact) mass is 405 g/mol. The predicted octanol–water partition coefficient (Wildman–Crippen LogP) is 2.65. The molecule has 2 fully saturated rings. The van der Waals surface area contributed by atoms with Crippen molar-refractivity contribution in [2.24, 2.45) is 5.41 Å². The molecule has 0 radical (unpaired) electrons. The highest BCUT2D eigenvalue weighted by Crippen LogP contribution is 2.56. The maximum Gasteiger partial charge on any atom is 0.272 e. The Labute approximate surface area is 168 Å². The first-order valence-corrected chi connectivity index (χ1v) is 10.2. The number of nitrogens with zero attached hydrogens (tertiary/aromatic N) is 3. The van der Waals surface area contributed by atoms with Crippen LogP contribution in [-0.2, 0) is 13.1 Å². The van der Waals surface area contributed by atoms with Gasteiger partial charge in [0.2, 0.25) is 0 Å². The Kier molecular flexibility index (Phi) is 5.11. The van der Waals surface area contributed by atoms with Gasteiger partial charge in [-0.3, -0.25) is 14.8 Å². The number of rotatable bonds is 5. The molecule has 1 spiro atoms. The second-order valence-electron chi connectivity index (χ2n) is 7.61. The molecule has 1 aliphatic carbocycles.